The van der Waals surface area contributed by atoms with Crippen molar-refractivity contribution in [3.05, 3.63) is 47.9 Å². The van der Waals surface area contributed by atoms with Gasteiger partial charge in [0.05, 0.1) is 36.1 Å². The first-order valence-electron chi connectivity index (χ1n) is 11.6. The fraction of sp³-hybridized carbons (Fsp3) is 0.333. The van der Waals surface area contributed by atoms with Crippen LogP contribution in [0, 0.1) is 23.7 Å². The van der Waals surface area contributed by atoms with E-state index in [2.05, 4.69) is 26.0 Å². The highest BCUT2D eigenvalue weighted by Gasteiger charge is 2.61. The predicted octanol–water partition coefficient (Wildman–Crippen LogP) is 3.09. The maximum atomic E-state index is 14.0. The molecule has 17 heteroatoms. The van der Waals surface area contributed by atoms with Crippen LogP contribution in [0.25, 0.3) is 22.5 Å². The number of nitrogens with two attached hydrogens (primary N) is 1. The van der Waals surface area contributed by atoms with E-state index in [0.29, 0.717) is 17.7 Å². The molecule has 1 saturated carbocycles. The highest BCUT2D eigenvalue weighted by atomic mass is 19.4. The number of amides is 1. The molecule has 0 radical (unpaired) electrons. The molecule has 11 nitrogen and oxygen atoms in total. The number of benzene rings is 1. The van der Waals surface area contributed by atoms with E-state index in [-0.39, 0.29) is 22.8 Å². The zero-order chi connectivity index (χ0) is 30.4. The maximum Gasteiger partial charge on any atom is 0.493 e. The van der Waals surface area contributed by atoms with Gasteiger partial charge in [-0.25, -0.2) is 14.8 Å². The van der Waals surface area contributed by atoms with Crippen molar-refractivity contribution in [3.8, 4) is 28.6 Å². The van der Waals surface area contributed by atoms with Crippen molar-refractivity contribution in [1.82, 2.24) is 25.2 Å². The molecular weight excluding hydrogens is 564 g/mol. The molecular formula is C24H19F6N7O4. The molecule has 1 aromatic carbocycles. The van der Waals surface area contributed by atoms with Crippen molar-refractivity contribution < 1.29 is 45.9 Å². The second-order valence-electron chi connectivity index (χ2n) is 9.36. The molecule has 1 unspecified atom stereocenters. The molecule has 4 rings (SSSR count). The Hall–Kier alpha value is -4.72. The summed E-state index contributed by atoms with van der Waals surface area (Å²) in [6.45, 7) is 1.80. The van der Waals surface area contributed by atoms with Gasteiger partial charge in [0.1, 0.15) is 11.5 Å². The van der Waals surface area contributed by atoms with Gasteiger partial charge in [-0.15, -0.1) is 0 Å². The number of alkyl halides is 6. The van der Waals surface area contributed by atoms with E-state index in [4.69, 9.17) is 5.73 Å². The Morgan fingerprint density at radius 1 is 1.22 bits per heavy atom. The van der Waals surface area contributed by atoms with Crippen LogP contribution in [0.1, 0.15) is 24.0 Å². The third kappa shape index (κ3) is 5.63. The van der Waals surface area contributed by atoms with E-state index < -0.39 is 40.8 Å². The fourth-order valence-electron chi connectivity index (χ4n) is 3.85. The van der Waals surface area contributed by atoms with Gasteiger partial charge in [0.25, 0.3) is 11.5 Å². The lowest BCUT2D eigenvalue weighted by Gasteiger charge is -2.29. The van der Waals surface area contributed by atoms with Gasteiger partial charge in [-0.2, -0.15) is 42.2 Å². The van der Waals surface area contributed by atoms with Crippen LogP contribution < -0.4 is 11.2 Å². The molecule has 0 aliphatic heterocycles. The van der Waals surface area contributed by atoms with Gasteiger partial charge in [-0.05, 0) is 31.4 Å². The summed E-state index contributed by atoms with van der Waals surface area (Å²) in [6, 6.07) is 4.80. The number of halogens is 6. The van der Waals surface area contributed by atoms with Gasteiger partial charge in [0.15, 0.2) is 0 Å². The average molecular weight is 583 g/mol. The molecule has 3 aromatic rings. The Kier molecular flexibility index (Phi) is 7.16. The molecule has 1 atom stereocenters. The number of aryl methyl sites for hydroxylation is 1. The van der Waals surface area contributed by atoms with Crippen molar-refractivity contribution in [2.75, 3.05) is 5.73 Å². The highest BCUT2D eigenvalue weighted by molar-refractivity contribution is 5.88. The lowest BCUT2D eigenvalue weighted by Crippen LogP contribution is -2.55. The summed E-state index contributed by atoms with van der Waals surface area (Å²) in [5.74, 6) is -5.56. The number of carbonyl (C=O) groups is 2. The van der Waals surface area contributed by atoms with Gasteiger partial charge in [0.2, 0.25) is 0 Å². The summed E-state index contributed by atoms with van der Waals surface area (Å²) in [5, 5.41) is 24.0. The molecule has 0 bridgehead atoms. The van der Waals surface area contributed by atoms with Crippen molar-refractivity contribution in [2.24, 2.45) is 5.41 Å². The van der Waals surface area contributed by atoms with Crippen LogP contribution in [0.4, 0.5) is 32.2 Å². The number of nitrogen functional groups attached to an aromatic ring is 1. The first-order chi connectivity index (χ1) is 19.0. The summed E-state index contributed by atoms with van der Waals surface area (Å²) in [7, 11) is 0. The number of hydrogen-bond donors (Lipinski definition) is 3. The number of anilines is 1. The van der Waals surface area contributed by atoms with Gasteiger partial charge >= 0.3 is 18.3 Å². The number of nitrogens with zero attached hydrogens (tertiary/aromatic N) is 5. The van der Waals surface area contributed by atoms with E-state index >= 15 is 0 Å². The van der Waals surface area contributed by atoms with Crippen molar-refractivity contribution in [2.45, 2.75) is 44.3 Å². The largest absolute Gasteiger partial charge is 0.493 e. The van der Waals surface area contributed by atoms with Crippen LogP contribution in [0.3, 0.4) is 0 Å². The number of nitrogens with one attached hydrogen (secondary N) is 1. The summed E-state index contributed by atoms with van der Waals surface area (Å²) < 4.78 is 80.5. The molecule has 2 aromatic heterocycles. The van der Waals surface area contributed by atoms with Crippen LogP contribution in [-0.2, 0) is 26.6 Å². The third-order valence-electron chi connectivity index (χ3n) is 6.40. The van der Waals surface area contributed by atoms with Gasteiger partial charge in [-0.1, -0.05) is 12.1 Å². The first-order valence-corrected chi connectivity index (χ1v) is 11.6. The Morgan fingerprint density at radius 2 is 1.90 bits per heavy atom. The van der Waals surface area contributed by atoms with Crippen LogP contribution in [0.5, 0.6) is 0 Å². The zero-order valence-corrected chi connectivity index (χ0v) is 20.8. The van der Waals surface area contributed by atoms with E-state index in [9.17, 15) is 46.3 Å². The number of carbonyl (C=O) groups excluding carboxylic acids is 2. The monoisotopic (exact) mass is 583 g/mol. The second-order valence-corrected chi connectivity index (χ2v) is 9.36. The number of rotatable bonds is 6. The summed E-state index contributed by atoms with van der Waals surface area (Å²) >= 11 is 0. The number of hydrogen-bond acceptors (Lipinski definition) is 9. The summed E-state index contributed by atoms with van der Waals surface area (Å²) in [4.78, 5) is 35.0. The predicted molar refractivity (Wildman–Crippen MR) is 125 cm³/mol. The lowest BCUT2D eigenvalue weighted by atomic mass is 9.89. The molecule has 0 saturated heterocycles. The van der Waals surface area contributed by atoms with Crippen molar-refractivity contribution in [3.63, 3.8) is 0 Å². The fourth-order valence-corrected chi connectivity index (χ4v) is 3.85. The van der Waals surface area contributed by atoms with Crippen LogP contribution in [0.15, 0.2) is 36.8 Å². The van der Waals surface area contributed by atoms with E-state index in [1.165, 1.54) is 17.8 Å². The van der Waals surface area contributed by atoms with E-state index in [1.807, 2.05) is 0 Å². The van der Waals surface area contributed by atoms with Crippen molar-refractivity contribution in [1.29, 1.82) is 5.26 Å². The molecule has 2 heterocycles. The van der Waals surface area contributed by atoms with Crippen molar-refractivity contribution >= 4 is 17.7 Å². The van der Waals surface area contributed by atoms with E-state index in [0.717, 1.165) is 42.7 Å². The smallest absolute Gasteiger partial charge is 0.382 e. The molecule has 41 heavy (non-hydrogen) atoms. The van der Waals surface area contributed by atoms with Crippen LogP contribution in [-0.4, -0.2) is 49.1 Å². The number of nitriles is 1. The average Bonchev–Trinajstić information content (AvgIpc) is 3.53. The second kappa shape index (κ2) is 10.0. The summed E-state index contributed by atoms with van der Waals surface area (Å²) in [6.07, 6.45) is -5.85. The maximum absolute atomic E-state index is 14.0. The normalized spacial score (nSPS) is 15.9. The van der Waals surface area contributed by atoms with Gasteiger partial charge in [0, 0.05) is 22.9 Å². The van der Waals surface area contributed by atoms with Gasteiger partial charge < -0.3 is 15.7 Å². The van der Waals surface area contributed by atoms with Crippen LogP contribution >= 0.6 is 0 Å². The Balaban J connectivity index is 1.70. The number of hydroxylamine groups is 1. The molecule has 1 fully saturated rings. The van der Waals surface area contributed by atoms with E-state index in [1.54, 1.807) is 6.20 Å². The molecule has 1 amide bonds. The lowest BCUT2D eigenvalue weighted by molar-refractivity contribution is -0.262. The third-order valence-corrected chi connectivity index (χ3v) is 6.40. The van der Waals surface area contributed by atoms with Gasteiger partial charge in [-0.3, -0.25) is 9.48 Å². The minimum Gasteiger partial charge on any atom is -0.382 e. The standard InChI is InChI=1S/C24H19F6N7O4/c1-12-2-3-14(22(40,24(28,29)30)19(38)36-41-20(39)23(25,26)27)6-15(12)16-8-33-18(32)17(35-16)13-7-34-37(9-13)11-21(10-31)4-5-21/h2-3,6-9,40H,4-5,11H2,1H3,(H2,32,33)(H,36,38). The topological polar surface area (TPSA) is 169 Å². The summed E-state index contributed by atoms with van der Waals surface area (Å²) in [5.41, 5.74) is 1.34. The quantitative estimate of drug-likeness (QED) is 0.292. The first kappa shape index (κ1) is 29.3. The molecule has 0 spiro atoms. The number of aromatic nitrogens is 4. The number of aliphatic hydroxyl groups is 1. The zero-order valence-electron chi connectivity index (χ0n) is 20.8. The van der Waals surface area contributed by atoms with Crippen LogP contribution in [0.2, 0.25) is 0 Å². The molecule has 216 valence electrons. The molecule has 1 aliphatic rings. The highest BCUT2D eigenvalue weighted by Crippen LogP contribution is 2.46. The Labute approximate surface area is 226 Å². The SMILES string of the molecule is Cc1ccc(C(O)(C(=O)NOC(=O)C(F)(F)F)C(F)(F)F)cc1-c1cnc(N)c(-c2cnn(CC3(C#N)CC3)c2)n1. The minimum absolute atomic E-state index is 0.0366. The minimum atomic E-state index is -5.77. The molecule has 1 aliphatic carbocycles. The Bertz CT molecular complexity index is 1560. The Morgan fingerprint density at radius 3 is 2.49 bits per heavy atom. The molecule has 4 N–H and O–H groups in total.